The average Bonchev–Trinajstić information content (AvgIpc) is 3.46. The average molecular weight is 802 g/mol. The number of ether oxygens (including phenoxy) is 4. The lowest BCUT2D eigenvalue weighted by molar-refractivity contribution is -0.160. The van der Waals surface area contributed by atoms with Crippen LogP contribution in [0.4, 0.5) is 11.4 Å². The number of nitrogens with zero attached hydrogens (tertiary/aromatic N) is 2. The van der Waals surface area contributed by atoms with Crippen molar-refractivity contribution in [2.24, 2.45) is 28.7 Å². The number of methoxy groups -OCH3 is 1. The molecule has 0 aliphatic carbocycles. The molecule has 0 unspecified atom stereocenters. The van der Waals surface area contributed by atoms with Crippen LogP contribution in [0.15, 0.2) is 65.7 Å². The number of anilines is 1. The fourth-order valence-corrected chi connectivity index (χ4v) is 7.44. The van der Waals surface area contributed by atoms with Crippen LogP contribution in [-0.4, -0.2) is 91.7 Å². The highest BCUT2D eigenvalue weighted by Crippen LogP contribution is 2.55. The largest absolute Gasteiger partial charge is 0.507 e. The topological polar surface area (TPSA) is 227 Å². The number of pyridine rings is 1. The van der Waals surface area contributed by atoms with Crippen LogP contribution in [0.1, 0.15) is 70.0 Å². The highest BCUT2D eigenvalue weighted by Gasteiger charge is 2.50. The summed E-state index contributed by atoms with van der Waals surface area (Å²) >= 11 is 0. The summed E-state index contributed by atoms with van der Waals surface area (Å²) in [4.78, 5) is 48.7. The Morgan fingerprint density at radius 1 is 0.948 bits per heavy atom. The number of aromatic hydroxyl groups is 3. The third-order valence-electron chi connectivity index (χ3n) is 11.0. The first-order valence-corrected chi connectivity index (χ1v) is 18.9. The number of aromatic nitrogens is 1. The van der Waals surface area contributed by atoms with Crippen molar-refractivity contribution in [3.63, 3.8) is 0 Å². The summed E-state index contributed by atoms with van der Waals surface area (Å²) in [6, 6.07) is 3.17. The van der Waals surface area contributed by atoms with Gasteiger partial charge in [0.1, 0.15) is 23.4 Å². The lowest BCUT2D eigenvalue weighted by Crippen LogP contribution is -2.46. The zero-order chi connectivity index (χ0) is 42.8. The molecule has 58 heavy (non-hydrogen) atoms. The van der Waals surface area contributed by atoms with Gasteiger partial charge < -0.3 is 49.8 Å². The second-order valence-corrected chi connectivity index (χ2v) is 15.1. The molecule has 15 heteroatoms. The second kappa shape index (κ2) is 17.4. The molecule has 0 radical (unpaired) electrons. The third kappa shape index (κ3) is 8.28. The number of aliphatic imine (C=N–C) groups is 1. The number of benzene rings is 2. The molecular weight excluding hydrogens is 750 g/mol. The van der Waals surface area contributed by atoms with Gasteiger partial charge in [0, 0.05) is 79.8 Å². The minimum Gasteiger partial charge on any atom is -0.507 e. The van der Waals surface area contributed by atoms with Crippen LogP contribution in [0.2, 0.25) is 0 Å². The van der Waals surface area contributed by atoms with Crippen LogP contribution in [0, 0.1) is 30.6 Å². The number of carbonyl (C=O) groups excluding carboxylic acids is 3. The number of fused-ring (bicyclic) bond motifs is 14. The Morgan fingerprint density at radius 2 is 1.62 bits per heavy atom. The maximum absolute atomic E-state index is 14.4. The smallest absolute Gasteiger partial charge is 0.312 e. The summed E-state index contributed by atoms with van der Waals surface area (Å²) in [5.41, 5.74) is -0.120. The van der Waals surface area contributed by atoms with Gasteiger partial charge in [0.2, 0.25) is 0 Å². The number of hydrogen-bond acceptors (Lipinski definition) is 14. The van der Waals surface area contributed by atoms with Gasteiger partial charge in [-0.1, -0.05) is 45.9 Å². The van der Waals surface area contributed by atoms with Crippen molar-refractivity contribution in [1.82, 2.24) is 4.98 Å². The predicted molar refractivity (Wildman–Crippen MR) is 215 cm³/mol. The number of allylic oxidation sites excluding steroid dienone is 2. The molecule has 0 saturated carbocycles. The molecule has 3 aliphatic rings. The number of esters is 1. The van der Waals surface area contributed by atoms with Crippen molar-refractivity contribution in [3.8, 4) is 23.0 Å². The summed E-state index contributed by atoms with van der Waals surface area (Å²) in [5, 5.41) is 60.2. The summed E-state index contributed by atoms with van der Waals surface area (Å²) in [6.45, 7) is 12.4. The normalized spacial score (nSPS) is 30.4. The van der Waals surface area contributed by atoms with Crippen LogP contribution in [0.3, 0.4) is 0 Å². The summed E-state index contributed by atoms with van der Waals surface area (Å²) in [7, 11) is 1.43. The molecule has 6 rings (SSSR count). The molecule has 1 amide bonds. The monoisotopic (exact) mass is 801 g/mol. The van der Waals surface area contributed by atoms with Crippen LogP contribution in [0.5, 0.6) is 23.0 Å². The van der Waals surface area contributed by atoms with E-state index in [0.717, 1.165) is 0 Å². The van der Waals surface area contributed by atoms with Crippen LogP contribution >= 0.6 is 0 Å². The van der Waals surface area contributed by atoms with E-state index in [0.29, 0.717) is 5.69 Å². The van der Waals surface area contributed by atoms with Gasteiger partial charge in [0.25, 0.3) is 11.7 Å². The van der Waals surface area contributed by atoms with Gasteiger partial charge in [-0.25, -0.2) is 0 Å². The molecule has 4 heterocycles. The van der Waals surface area contributed by atoms with Crippen molar-refractivity contribution in [2.45, 2.75) is 85.6 Å². The Kier molecular flexibility index (Phi) is 13.0. The van der Waals surface area contributed by atoms with Gasteiger partial charge in [0.05, 0.1) is 52.5 Å². The molecule has 2 aromatic carbocycles. The number of phenols is 3. The van der Waals surface area contributed by atoms with Crippen molar-refractivity contribution in [2.75, 3.05) is 12.4 Å². The predicted octanol–water partition coefficient (Wildman–Crippen LogP) is 5.90. The van der Waals surface area contributed by atoms with Gasteiger partial charge >= 0.3 is 11.8 Å². The number of carbonyl (C=O) groups is 3. The van der Waals surface area contributed by atoms with E-state index in [1.54, 1.807) is 52.0 Å². The van der Waals surface area contributed by atoms with Crippen molar-refractivity contribution < 1.29 is 58.9 Å². The molecule has 5 bridgehead atoms. The number of aliphatic hydroxyl groups excluding tert-OH is 2. The molecule has 9 atom stereocenters. The van der Waals surface area contributed by atoms with E-state index < -0.39 is 88.8 Å². The van der Waals surface area contributed by atoms with Crippen LogP contribution < -0.4 is 10.1 Å². The SMILES string of the molecule is CO[C@H]1/C=C/O[C@@]2(C)Oc3c(C)c(O)c4c(O)c(c(C=Nc5ccncc5)c(O)c4c3C2=O)NC(=O)/C(C)=C\C=C\[C@@H](C)[C@H](O)[C@@H](C)[C@H](O)[C@@H](C)[C@H](OC(C)=O)[C@@H]1C. The second-order valence-electron chi connectivity index (χ2n) is 15.1. The van der Waals surface area contributed by atoms with Crippen LogP contribution in [0.25, 0.3) is 10.8 Å². The number of Topliss-reactive ketones (excluding diaryl/α,β-unsaturated/α-hetero) is 1. The Bertz CT molecular complexity index is 2200. The highest BCUT2D eigenvalue weighted by atomic mass is 16.7. The number of rotatable bonds is 4. The van der Waals surface area contributed by atoms with Crippen molar-refractivity contribution >= 4 is 46.0 Å². The van der Waals surface area contributed by atoms with Crippen molar-refractivity contribution in [1.29, 1.82) is 0 Å². The Hall–Kier alpha value is -5.77. The fourth-order valence-electron chi connectivity index (χ4n) is 7.44. The molecule has 1 aromatic heterocycles. The zero-order valence-electron chi connectivity index (χ0n) is 33.9. The molecule has 15 nitrogen and oxygen atoms in total. The Morgan fingerprint density at radius 3 is 2.26 bits per heavy atom. The van der Waals surface area contributed by atoms with Gasteiger partial charge in [0.15, 0.2) is 5.75 Å². The lowest BCUT2D eigenvalue weighted by atomic mass is 9.78. The standard InChI is InChI=1S/C43H51N3O12/c1-20-11-10-12-21(2)42(54)46-33-28(19-45-27-13-16-44-17-14-27)37(51)30-31(38(33)52)36(50)25(6)40-32(30)41(53)43(8,58-40)56-18-15-29(55-9)22(3)39(57-26(7)47)24(5)35(49)23(4)34(20)48/h10-20,22-24,29,34-35,39,48-52H,1-9H3,(H,46,54)/b11-10+,18-15+,21-12-,45-19?/t20-,22-,23-,24-,29+,34+,35+,39-,43+/m1/s1. The van der Waals surface area contributed by atoms with Gasteiger partial charge in [-0.2, -0.15) is 0 Å². The molecular formula is C43H51N3O12. The van der Waals surface area contributed by atoms with E-state index >= 15 is 0 Å². The van der Waals surface area contributed by atoms with Gasteiger partial charge in [-0.3, -0.25) is 24.4 Å². The third-order valence-corrected chi connectivity index (χ3v) is 11.0. The van der Waals surface area contributed by atoms with Gasteiger partial charge in [-0.15, -0.1) is 0 Å². The summed E-state index contributed by atoms with van der Waals surface area (Å²) in [5.74, 6) is -8.58. The van der Waals surface area contributed by atoms with E-state index in [4.69, 9.17) is 18.9 Å². The summed E-state index contributed by atoms with van der Waals surface area (Å²) in [6.07, 6.45) is 7.65. The van der Waals surface area contributed by atoms with E-state index in [-0.39, 0.29) is 44.5 Å². The minimum absolute atomic E-state index is 0.0368. The molecule has 3 aliphatic heterocycles. The Labute approximate surface area is 336 Å². The molecule has 310 valence electrons. The molecule has 6 N–H and O–H groups in total. The Balaban J connectivity index is 1.73. The maximum atomic E-state index is 14.4. The van der Waals surface area contributed by atoms with Crippen molar-refractivity contribution in [3.05, 3.63) is 77.4 Å². The lowest BCUT2D eigenvalue weighted by Gasteiger charge is -2.38. The number of amides is 1. The molecule has 0 saturated heterocycles. The maximum Gasteiger partial charge on any atom is 0.312 e. The zero-order valence-corrected chi connectivity index (χ0v) is 33.9. The number of nitrogens with one attached hydrogen (secondary N) is 1. The van der Waals surface area contributed by atoms with E-state index in [9.17, 15) is 39.9 Å². The first-order valence-electron chi connectivity index (χ1n) is 18.9. The fraction of sp³-hybridized carbons (Fsp3) is 0.419. The molecule has 0 spiro atoms. The molecule has 0 fully saturated rings. The van der Waals surface area contributed by atoms with Gasteiger partial charge in [-0.05, 0) is 32.1 Å². The first-order chi connectivity index (χ1) is 27.3. The minimum atomic E-state index is -2.06. The molecule has 3 aromatic rings. The number of hydrogen-bond donors (Lipinski definition) is 6. The van der Waals surface area contributed by atoms with E-state index in [1.165, 1.54) is 71.8 Å². The number of ketones is 1. The number of aliphatic hydroxyl groups is 2. The highest BCUT2D eigenvalue weighted by molar-refractivity contribution is 6.24. The first kappa shape index (κ1) is 43.4. The quantitative estimate of drug-likeness (QED) is 0.0783. The summed E-state index contributed by atoms with van der Waals surface area (Å²) < 4.78 is 23.5. The van der Waals surface area contributed by atoms with E-state index in [1.807, 2.05) is 0 Å². The number of phenolic OH excluding ortho intramolecular Hbond substituents is 3. The van der Waals surface area contributed by atoms with E-state index in [2.05, 4.69) is 15.3 Å². The van der Waals surface area contributed by atoms with Crippen LogP contribution in [-0.2, 0) is 23.8 Å².